The lowest BCUT2D eigenvalue weighted by atomic mass is 10.2. The molecular formula is C9H8BrF2NOS. The number of benzene rings is 1. The van der Waals surface area contributed by atoms with E-state index in [9.17, 15) is 8.78 Å². The maximum Gasteiger partial charge on any atom is 0.272 e. The number of halogens is 3. The fourth-order valence-electron chi connectivity index (χ4n) is 0.972. The van der Waals surface area contributed by atoms with Crippen LogP contribution in [-0.4, -0.2) is 18.0 Å². The highest BCUT2D eigenvalue weighted by Crippen LogP contribution is 2.24. The molecule has 0 aromatic heterocycles. The van der Waals surface area contributed by atoms with E-state index in [1.807, 2.05) is 0 Å². The van der Waals surface area contributed by atoms with Crippen molar-refractivity contribution in [1.29, 1.82) is 0 Å². The largest absolute Gasteiger partial charge is 0.487 e. The van der Waals surface area contributed by atoms with E-state index >= 15 is 0 Å². The minimum Gasteiger partial charge on any atom is -0.487 e. The SMILES string of the molecule is NC(=S)c1ccc(Br)cc1OCC(F)F. The zero-order valence-electron chi connectivity index (χ0n) is 7.54. The standard InChI is InChI=1S/C9H8BrF2NOS/c10-5-1-2-6(9(13)15)7(3-5)14-4-8(11)12/h1-3,8H,4H2,(H2,13,15). The summed E-state index contributed by atoms with van der Waals surface area (Å²) in [4.78, 5) is 0.117. The van der Waals surface area contributed by atoms with Crippen molar-refractivity contribution < 1.29 is 13.5 Å². The van der Waals surface area contributed by atoms with Crippen molar-refractivity contribution in [3.05, 3.63) is 28.2 Å². The number of ether oxygens (including phenoxy) is 1. The number of alkyl halides is 2. The Morgan fingerprint density at radius 2 is 2.20 bits per heavy atom. The molecule has 1 rings (SSSR count). The molecule has 0 radical (unpaired) electrons. The molecule has 2 nitrogen and oxygen atoms in total. The van der Waals surface area contributed by atoms with Crippen molar-refractivity contribution in [2.45, 2.75) is 6.43 Å². The van der Waals surface area contributed by atoms with Gasteiger partial charge >= 0.3 is 0 Å². The highest BCUT2D eigenvalue weighted by molar-refractivity contribution is 9.10. The number of rotatable bonds is 4. The molecule has 0 amide bonds. The number of nitrogens with two attached hydrogens (primary N) is 1. The molecule has 1 aromatic rings. The van der Waals surface area contributed by atoms with Crippen LogP contribution in [-0.2, 0) is 0 Å². The Labute approximate surface area is 99.5 Å². The summed E-state index contributed by atoms with van der Waals surface area (Å²) in [5, 5.41) is 0. The molecule has 0 unspecified atom stereocenters. The van der Waals surface area contributed by atoms with E-state index in [1.165, 1.54) is 0 Å². The lowest BCUT2D eigenvalue weighted by Gasteiger charge is -2.10. The van der Waals surface area contributed by atoms with Crippen molar-refractivity contribution in [3.8, 4) is 5.75 Å². The van der Waals surface area contributed by atoms with Crippen molar-refractivity contribution in [1.82, 2.24) is 0 Å². The van der Waals surface area contributed by atoms with E-state index in [0.29, 0.717) is 10.0 Å². The van der Waals surface area contributed by atoms with Gasteiger partial charge in [-0.3, -0.25) is 0 Å². The third-order valence-corrected chi connectivity index (χ3v) is 2.29. The normalized spacial score (nSPS) is 10.4. The molecule has 6 heteroatoms. The van der Waals surface area contributed by atoms with E-state index < -0.39 is 13.0 Å². The average molecular weight is 296 g/mol. The third kappa shape index (κ3) is 3.71. The van der Waals surface area contributed by atoms with Gasteiger partial charge in [0.1, 0.15) is 17.3 Å². The molecule has 0 fully saturated rings. The monoisotopic (exact) mass is 295 g/mol. The van der Waals surface area contributed by atoms with Gasteiger partial charge < -0.3 is 10.5 Å². The van der Waals surface area contributed by atoms with E-state index in [2.05, 4.69) is 15.9 Å². The second kappa shape index (κ2) is 5.37. The van der Waals surface area contributed by atoms with Crippen LogP contribution in [0.15, 0.2) is 22.7 Å². The Bertz CT molecular complexity index is 373. The quantitative estimate of drug-likeness (QED) is 0.868. The number of hydrogen-bond donors (Lipinski definition) is 1. The number of thiocarbonyl (C=S) groups is 1. The maximum atomic E-state index is 12.0. The van der Waals surface area contributed by atoms with Crippen molar-refractivity contribution in [3.63, 3.8) is 0 Å². The molecular weight excluding hydrogens is 288 g/mol. The van der Waals surface area contributed by atoms with Gasteiger partial charge in [0, 0.05) is 4.47 Å². The Kier molecular flexibility index (Phi) is 4.41. The minimum absolute atomic E-state index is 0.117. The summed E-state index contributed by atoms with van der Waals surface area (Å²) < 4.78 is 29.5. The molecule has 0 spiro atoms. The summed E-state index contributed by atoms with van der Waals surface area (Å²) in [6.07, 6.45) is -2.52. The Morgan fingerprint density at radius 1 is 1.53 bits per heavy atom. The third-order valence-electron chi connectivity index (χ3n) is 1.57. The predicted molar refractivity (Wildman–Crippen MR) is 61.5 cm³/mol. The van der Waals surface area contributed by atoms with Crippen LogP contribution in [0.3, 0.4) is 0 Å². The summed E-state index contributed by atoms with van der Waals surface area (Å²) in [6.45, 7) is -0.675. The molecule has 1 aromatic carbocycles. The van der Waals surface area contributed by atoms with Gasteiger partial charge in [-0.1, -0.05) is 28.1 Å². The summed E-state index contributed by atoms with van der Waals surface area (Å²) in [5.74, 6) is 0.261. The average Bonchev–Trinajstić information content (AvgIpc) is 2.14. The minimum atomic E-state index is -2.52. The maximum absolute atomic E-state index is 12.0. The van der Waals surface area contributed by atoms with Crippen molar-refractivity contribution in [2.24, 2.45) is 5.73 Å². The zero-order valence-corrected chi connectivity index (χ0v) is 9.95. The Balaban J connectivity index is 2.92. The van der Waals surface area contributed by atoms with Crippen LogP contribution in [0, 0.1) is 0 Å². The van der Waals surface area contributed by atoms with Gasteiger partial charge in [-0.2, -0.15) is 0 Å². The topological polar surface area (TPSA) is 35.2 Å². The molecule has 82 valence electrons. The Morgan fingerprint density at radius 3 is 2.73 bits per heavy atom. The van der Waals surface area contributed by atoms with Crippen molar-refractivity contribution in [2.75, 3.05) is 6.61 Å². The number of hydrogen-bond acceptors (Lipinski definition) is 2. The summed E-state index contributed by atoms with van der Waals surface area (Å²) in [5.41, 5.74) is 5.87. The van der Waals surface area contributed by atoms with Gasteiger partial charge in [-0.05, 0) is 18.2 Å². The lowest BCUT2D eigenvalue weighted by molar-refractivity contribution is 0.0818. The summed E-state index contributed by atoms with van der Waals surface area (Å²) >= 11 is 7.97. The molecule has 0 saturated carbocycles. The first-order chi connectivity index (χ1) is 7.00. The van der Waals surface area contributed by atoms with Crippen LogP contribution in [0.5, 0.6) is 5.75 Å². The van der Waals surface area contributed by atoms with Gasteiger partial charge in [0.25, 0.3) is 6.43 Å². The molecule has 0 atom stereocenters. The van der Waals surface area contributed by atoms with Crippen LogP contribution in [0.25, 0.3) is 0 Å². The van der Waals surface area contributed by atoms with E-state index in [4.69, 9.17) is 22.7 Å². The molecule has 2 N–H and O–H groups in total. The van der Waals surface area contributed by atoms with Gasteiger partial charge in [0.15, 0.2) is 0 Å². The van der Waals surface area contributed by atoms with E-state index in [0.717, 1.165) is 0 Å². The van der Waals surface area contributed by atoms with Gasteiger partial charge in [0.05, 0.1) is 5.56 Å². The first-order valence-corrected chi connectivity index (χ1v) is 5.21. The first kappa shape index (κ1) is 12.3. The second-order valence-corrected chi connectivity index (χ2v) is 4.06. The molecule has 0 aliphatic rings. The highest BCUT2D eigenvalue weighted by atomic mass is 79.9. The van der Waals surface area contributed by atoms with Crippen LogP contribution in [0.4, 0.5) is 8.78 Å². The molecule has 15 heavy (non-hydrogen) atoms. The predicted octanol–water partition coefficient (Wildman–Crippen LogP) is 2.73. The zero-order chi connectivity index (χ0) is 11.4. The summed E-state index contributed by atoms with van der Waals surface area (Å²) in [7, 11) is 0. The second-order valence-electron chi connectivity index (χ2n) is 2.71. The smallest absolute Gasteiger partial charge is 0.272 e. The van der Waals surface area contributed by atoms with Gasteiger partial charge in [-0.25, -0.2) is 8.78 Å². The lowest BCUT2D eigenvalue weighted by Crippen LogP contribution is -2.14. The molecule has 0 aliphatic heterocycles. The van der Waals surface area contributed by atoms with E-state index in [-0.39, 0.29) is 10.7 Å². The first-order valence-electron chi connectivity index (χ1n) is 4.01. The molecule has 0 aliphatic carbocycles. The Hall–Kier alpha value is -0.750. The molecule has 0 bridgehead atoms. The summed E-state index contributed by atoms with van der Waals surface area (Å²) in [6, 6.07) is 4.88. The fourth-order valence-corrected chi connectivity index (χ4v) is 1.48. The van der Waals surface area contributed by atoms with Crippen LogP contribution >= 0.6 is 28.1 Å². The molecule has 0 heterocycles. The fraction of sp³-hybridized carbons (Fsp3) is 0.222. The van der Waals surface area contributed by atoms with Crippen LogP contribution in [0.2, 0.25) is 0 Å². The van der Waals surface area contributed by atoms with Crippen LogP contribution in [0.1, 0.15) is 5.56 Å². The van der Waals surface area contributed by atoms with Crippen LogP contribution < -0.4 is 10.5 Å². The highest BCUT2D eigenvalue weighted by Gasteiger charge is 2.10. The van der Waals surface area contributed by atoms with Gasteiger partial charge in [0.2, 0.25) is 0 Å². The van der Waals surface area contributed by atoms with E-state index in [1.54, 1.807) is 18.2 Å². The van der Waals surface area contributed by atoms with Crippen molar-refractivity contribution >= 4 is 33.1 Å². The van der Waals surface area contributed by atoms with Gasteiger partial charge in [-0.15, -0.1) is 0 Å². The molecule has 0 saturated heterocycles.